The summed E-state index contributed by atoms with van der Waals surface area (Å²) in [4.78, 5) is 36.0. The Hall–Kier alpha value is -2.41. The number of nitrogens with one attached hydrogen (secondary N) is 2. The van der Waals surface area contributed by atoms with E-state index in [-0.39, 0.29) is 17.9 Å². The van der Waals surface area contributed by atoms with Crippen LogP contribution in [-0.2, 0) is 14.3 Å². The van der Waals surface area contributed by atoms with E-state index < -0.39 is 17.8 Å². The lowest BCUT2D eigenvalue weighted by molar-refractivity contribution is -0.147. The van der Waals surface area contributed by atoms with Crippen LogP contribution >= 0.6 is 0 Å². The predicted octanol–water partition coefficient (Wildman–Crippen LogP) is 2.42. The molecule has 0 bridgehead atoms. The number of carbonyl (C=O) groups excluding carboxylic acids is 2. The van der Waals surface area contributed by atoms with Gasteiger partial charge < -0.3 is 20.5 Å². The number of amides is 2. The molecule has 1 saturated carbocycles. The molecule has 0 spiro atoms. The predicted molar refractivity (Wildman–Crippen MR) is 99.5 cm³/mol. The summed E-state index contributed by atoms with van der Waals surface area (Å²) in [5.41, 5.74) is 1.07. The highest BCUT2D eigenvalue weighted by atomic mass is 16.5. The molecule has 0 radical (unpaired) electrons. The second-order valence-corrected chi connectivity index (χ2v) is 7.25. The first kappa shape index (κ1) is 19.4. The van der Waals surface area contributed by atoms with Gasteiger partial charge >= 0.3 is 5.97 Å². The molecule has 2 fully saturated rings. The van der Waals surface area contributed by atoms with Crippen molar-refractivity contribution in [1.82, 2.24) is 5.32 Å². The minimum atomic E-state index is -0.909. The first-order valence-electron chi connectivity index (χ1n) is 9.58. The Morgan fingerprint density at radius 2 is 1.70 bits per heavy atom. The molecular weight excluding hydrogens is 348 g/mol. The zero-order valence-electron chi connectivity index (χ0n) is 15.3. The number of hydrogen-bond donors (Lipinski definition) is 3. The lowest BCUT2D eigenvalue weighted by Crippen LogP contribution is -2.36. The van der Waals surface area contributed by atoms with Gasteiger partial charge in [-0.05, 0) is 49.9 Å². The smallest absolute Gasteiger partial charge is 0.307 e. The van der Waals surface area contributed by atoms with Crippen molar-refractivity contribution in [1.29, 1.82) is 0 Å². The van der Waals surface area contributed by atoms with Crippen molar-refractivity contribution < 1.29 is 24.2 Å². The third-order valence-electron chi connectivity index (χ3n) is 5.35. The Morgan fingerprint density at radius 3 is 2.33 bits per heavy atom. The Kier molecular flexibility index (Phi) is 6.45. The van der Waals surface area contributed by atoms with E-state index in [1.807, 2.05) is 0 Å². The molecule has 0 unspecified atom stereocenters. The number of carboxylic acid groups (broad SMARTS) is 1. The van der Waals surface area contributed by atoms with Crippen molar-refractivity contribution in [3.8, 4) is 0 Å². The van der Waals surface area contributed by atoms with E-state index in [0.717, 1.165) is 32.3 Å². The number of rotatable bonds is 6. The topological polar surface area (TPSA) is 105 Å². The van der Waals surface area contributed by atoms with E-state index >= 15 is 0 Å². The number of ether oxygens (including phenoxy) is 1. The molecule has 146 valence electrons. The van der Waals surface area contributed by atoms with Crippen LogP contribution in [0.15, 0.2) is 24.3 Å². The van der Waals surface area contributed by atoms with Gasteiger partial charge in [-0.25, -0.2) is 0 Å². The zero-order chi connectivity index (χ0) is 19.2. The van der Waals surface area contributed by atoms with Gasteiger partial charge in [-0.2, -0.15) is 0 Å². The average molecular weight is 374 g/mol. The molecule has 1 aliphatic carbocycles. The number of hydrogen-bond acceptors (Lipinski definition) is 4. The second-order valence-electron chi connectivity index (χ2n) is 7.25. The fourth-order valence-electron chi connectivity index (χ4n) is 3.79. The van der Waals surface area contributed by atoms with Crippen LogP contribution in [0.1, 0.15) is 48.9 Å². The fraction of sp³-hybridized carbons (Fsp3) is 0.550. The highest BCUT2D eigenvalue weighted by Gasteiger charge is 2.35. The molecule has 3 rings (SSSR count). The van der Waals surface area contributed by atoms with Crippen LogP contribution in [0.2, 0.25) is 0 Å². The van der Waals surface area contributed by atoms with Gasteiger partial charge in [0.05, 0.1) is 17.9 Å². The van der Waals surface area contributed by atoms with Gasteiger partial charge in [0.1, 0.15) is 0 Å². The molecule has 0 aromatic heterocycles. The Labute approximate surface area is 158 Å². The summed E-state index contributed by atoms with van der Waals surface area (Å²) in [6, 6.07) is 6.63. The number of benzene rings is 1. The van der Waals surface area contributed by atoms with Gasteiger partial charge in [-0.15, -0.1) is 0 Å². The van der Waals surface area contributed by atoms with Crippen LogP contribution in [0.5, 0.6) is 0 Å². The highest BCUT2D eigenvalue weighted by Crippen LogP contribution is 2.31. The molecule has 1 heterocycles. The van der Waals surface area contributed by atoms with Crippen molar-refractivity contribution in [2.24, 2.45) is 11.8 Å². The van der Waals surface area contributed by atoms with Crippen LogP contribution in [0.4, 0.5) is 5.69 Å². The summed E-state index contributed by atoms with van der Waals surface area (Å²) in [7, 11) is 0. The average Bonchev–Trinajstić information content (AvgIpc) is 3.20. The standard InChI is InChI=1S/C20H26N2O5/c23-18(21-12-15-4-3-11-27-15)13-7-9-14(10-8-13)22-19(24)16-5-1-2-6-17(16)20(25)26/h7-10,15-17H,1-6,11-12H2,(H,21,23)(H,22,24)(H,25,26)/t15-,16-,17+/m1/s1. The van der Waals surface area contributed by atoms with Crippen LogP contribution < -0.4 is 10.6 Å². The van der Waals surface area contributed by atoms with Crippen LogP contribution in [-0.4, -0.2) is 42.1 Å². The maximum absolute atomic E-state index is 12.5. The monoisotopic (exact) mass is 374 g/mol. The molecular formula is C20H26N2O5. The third kappa shape index (κ3) is 5.07. The van der Waals surface area contributed by atoms with E-state index in [2.05, 4.69) is 10.6 Å². The summed E-state index contributed by atoms with van der Waals surface area (Å²) < 4.78 is 5.48. The van der Waals surface area contributed by atoms with Crippen molar-refractivity contribution in [3.63, 3.8) is 0 Å². The molecule has 2 aliphatic rings. The Balaban J connectivity index is 1.54. The van der Waals surface area contributed by atoms with Crippen LogP contribution in [0, 0.1) is 11.8 Å². The number of carboxylic acids is 1. The van der Waals surface area contributed by atoms with Gasteiger partial charge in [-0.1, -0.05) is 12.8 Å². The van der Waals surface area contributed by atoms with Crippen molar-refractivity contribution in [2.75, 3.05) is 18.5 Å². The van der Waals surface area contributed by atoms with E-state index in [1.165, 1.54) is 0 Å². The number of aliphatic carboxylic acids is 1. The minimum absolute atomic E-state index is 0.0881. The summed E-state index contributed by atoms with van der Waals surface area (Å²) in [6.45, 7) is 1.24. The molecule has 3 N–H and O–H groups in total. The molecule has 1 aromatic carbocycles. The molecule has 1 saturated heterocycles. The van der Waals surface area contributed by atoms with Gasteiger partial charge in [0.15, 0.2) is 0 Å². The van der Waals surface area contributed by atoms with Crippen LogP contribution in [0.3, 0.4) is 0 Å². The summed E-state index contributed by atoms with van der Waals surface area (Å²) in [6.07, 6.45) is 4.92. The van der Waals surface area contributed by atoms with E-state index in [0.29, 0.717) is 30.6 Å². The Morgan fingerprint density at radius 1 is 1.00 bits per heavy atom. The normalized spacial score (nSPS) is 25.0. The summed E-state index contributed by atoms with van der Waals surface area (Å²) in [5.74, 6) is -2.49. The van der Waals surface area contributed by atoms with Gasteiger partial charge in [0.2, 0.25) is 5.91 Å². The molecule has 1 aromatic rings. The fourth-order valence-corrected chi connectivity index (χ4v) is 3.79. The lowest BCUT2D eigenvalue weighted by atomic mass is 9.78. The zero-order valence-corrected chi connectivity index (χ0v) is 15.3. The third-order valence-corrected chi connectivity index (χ3v) is 5.35. The van der Waals surface area contributed by atoms with Crippen molar-refractivity contribution >= 4 is 23.5 Å². The second kappa shape index (κ2) is 8.99. The van der Waals surface area contributed by atoms with E-state index in [9.17, 15) is 19.5 Å². The molecule has 3 atom stereocenters. The number of anilines is 1. The molecule has 7 nitrogen and oxygen atoms in total. The van der Waals surface area contributed by atoms with E-state index in [1.54, 1.807) is 24.3 Å². The minimum Gasteiger partial charge on any atom is -0.481 e. The molecule has 27 heavy (non-hydrogen) atoms. The Bertz CT molecular complexity index is 682. The largest absolute Gasteiger partial charge is 0.481 e. The van der Waals surface area contributed by atoms with Crippen molar-refractivity contribution in [3.05, 3.63) is 29.8 Å². The van der Waals surface area contributed by atoms with Crippen LogP contribution in [0.25, 0.3) is 0 Å². The summed E-state index contributed by atoms with van der Waals surface area (Å²) >= 11 is 0. The maximum atomic E-state index is 12.5. The quantitative estimate of drug-likeness (QED) is 0.709. The molecule has 2 amide bonds. The van der Waals surface area contributed by atoms with Gasteiger partial charge in [0, 0.05) is 24.4 Å². The SMILES string of the molecule is O=C(NC[C@H]1CCCO1)c1ccc(NC(=O)[C@@H]2CCCC[C@@H]2C(=O)O)cc1. The molecule has 7 heteroatoms. The maximum Gasteiger partial charge on any atom is 0.307 e. The first-order valence-corrected chi connectivity index (χ1v) is 9.58. The number of carbonyl (C=O) groups is 3. The highest BCUT2D eigenvalue weighted by molar-refractivity contribution is 5.97. The van der Waals surface area contributed by atoms with Gasteiger partial charge in [0.25, 0.3) is 5.91 Å². The van der Waals surface area contributed by atoms with Gasteiger partial charge in [-0.3, -0.25) is 14.4 Å². The van der Waals surface area contributed by atoms with E-state index in [4.69, 9.17) is 4.74 Å². The molecule has 1 aliphatic heterocycles. The summed E-state index contributed by atoms with van der Waals surface area (Å²) in [5, 5.41) is 15.0. The lowest BCUT2D eigenvalue weighted by Gasteiger charge is -2.27. The van der Waals surface area contributed by atoms with Crippen molar-refractivity contribution in [2.45, 2.75) is 44.6 Å². The first-order chi connectivity index (χ1) is 13.0.